The van der Waals surface area contributed by atoms with Gasteiger partial charge >= 0.3 is 0 Å². The third-order valence-electron chi connectivity index (χ3n) is 2.52. The van der Waals surface area contributed by atoms with Crippen molar-refractivity contribution in [3.05, 3.63) is 47.1 Å². The third kappa shape index (κ3) is 3.16. The van der Waals surface area contributed by atoms with Gasteiger partial charge in [0.2, 0.25) is 0 Å². The van der Waals surface area contributed by atoms with Gasteiger partial charge in [0.05, 0.1) is 6.61 Å². The minimum absolute atomic E-state index is 0.297. The van der Waals surface area contributed by atoms with Crippen LogP contribution in [0.15, 0.2) is 36.5 Å². The van der Waals surface area contributed by atoms with Crippen LogP contribution in [0.5, 0.6) is 17.4 Å². The van der Waals surface area contributed by atoms with Crippen LogP contribution in [0.1, 0.15) is 12.5 Å². The highest BCUT2D eigenvalue weighted by atomic mass is 35.5. The Morgan fingerprint density at radius 1 is 1.21 bits per heavy atom. The summed E-state index contributed by atoms with van der Waals surface area (Å²) < 4.78 is 11.2. The number of nitrogens with zero attached hydrogens (tertiary/aromatic N) is 1. The first-order valence-electron chi connectivity index (χ1n) is 5.99. The highest BCUT2D eigenvalue weighted by molar-refractivity contribution is 6.31. The summed E-state index contributed by atoms with van der Waals surface area (Å²) >= 11 is 6.09. The molecule has 0 radical (unpaired) electrons. The smallest absolute Gasteiger partial charge is 0.262 e. The van der Waals surface area contributed by atoms with Crippen molar-refractivity contribution in [1.82, 2.24) is 4.98 Å². The minimum atomic E-state index is 0.297. The lowest BCUT2D eigenvalue weighted by Crippen LogP contribution is -2.02. The number of aromatic nitrogens is 1. The fourth-order valence-corrected chi connectivity index (χ4v) is 1.90. The molecule has 0 atom stereocenters. The molecule has 100 valence electrons. The van der Waals surface area contributed by atoms with E-state index in [1.54, 1.807) is 36.5 Å². The number of hydrogen-bond donors (Lipinski definition) is 1. The van der Waals surface area contributed by atoms with E-state index in [2.05, 4.69) is 4.98 Å². The Labute approximate surface area is 117 Å². The summed E-state index contributed by atoms with van der Waals surface area (Å²) in [6.45, 7) is 2.74. The summed E-state index contributed by atoms with van der Waals surface area (Å²) in [7, 11) is 0. The van der Waals surface area contributed by atoms with Gasteiger partial charge in [-0.2, -0.15) is 0 Å². The third-order valence-corrected chi connectivity index (χ3v) is 2.88. The van der Waals surface area contributed by atoms with E-state index in [9.17, 15) is 0 Å². The van der Waals surface area contributed by atoms with Gasteiger partial charge < -0.3 is 15.2 Å². The molecule has 0 spiro atoms. The van der Waals surface area contributed by atoms with Crippen molar-refractivity contribution in [2.24, 2.45) is 5.73 Å². The highest BCUT2D eigenvalue weighted by Crippen LogP contribution is 2.33. The van der Waals surface area contributed by atoms with Crippen molar-refractivity contribution in [2.45, 2.75) is 13.5 Å². The topological polar surface area (TPSA) is 57.4 Å². The molecule has 5 heteroatoms. The van der Waals surface area contributed by atoms with E-state index in [0.29, 0.717) is 35.6 Å². The average molecular weight is 279 g/mol. The van der Waals surface area contributed by atoms with E-state index in [4.69, 9.17) is 26.8 Å². The predicted molar refractivity (Wildman–Crippen MR) is 74.8 cm³/mol. The molecule has 19 heavy (non-hydrogen) atoms. The van der Waals surface area contributed by atoms with Gasteiger partial charge in [-0.3, -0.25) is 0 Å². The molecule has 2 rings (SSSR count). The molecule has 0 aliphatic heterocycles. The molecule has 0 amide bonds. The lowest BCUT2D eigenvalue weighted by molar-refractivity contribution is 0.316. The van der Waals surface area contributed by atoms with E-state index >= 15 is 0 Å². The zero-order valence-electron chi connectivity index (χ0n) is 10.6. The number of rotatable bonds is 5. The standard InChI is InChI=1S/C14H15ClN2O2/c1-2-18-13-7-4-8-17-14(13)19-12-6-3-5-11(15)10(12)9-16/h3-8H,2,9,16H2,1H3. The molecule has 0 bridgehead atoms. The second kappa shape index (κ2) is 6.41. The van der Waals surface area contributed by atoms with Crippen LogP contribution in [0.25, 0.3) is 0 Å². The molecular weight excluding hydrogens is 264 g/mol. The van der Waals surface area contributed by atoms with Crippen molar-refractivity contribution in [3.63, 3.8) is 0 Å². The second-order valence-corrected chi connectivity index (χ2v) is 4.17. The zero-order chi connectivity index (χ0) is 13.7. The van der Waals surface area contributed by atoms with Crippen molar-refractivity contribution >= 4 is 11.6 Å². The minimum Gasteiger partial charge on any atom is -0.488 e. The van der Waals surface area contributed by atoms with Crippen LogP contribution in [0.3, 0.4) is 0 Å². The number of benzene rings is 1. The number of nitrogens with two attached hydrogens (primary N) is 1. The van der Waals surface area contributed by atoms with Crippen LogP contribution in [0.4, 0.5) is 0 Å². The van der Waals surface area contributed by atoms with E-state index in [-0.39, 0.29) is 0 Å². The molecule has 0 aliphatic rings. The van der Waals surface area contributed by atoms with Gasteiger partial charge in [0, 0.05) is 23.3 Å². The van der Waals surface area contributed by atoms with Crippen LogP contribution in [0.2, 0.25) is 5.02 Å². The lowest BCUT2D eigenvalue weighted by Gasteiger charge is -2.13. The molecule has 1 heterocycles. The van der Waals surface area contributed by atoms with Crippen LogP contribution in [-0.4, -0.2) is 11.6 Å². The maximum absolute atomic E-state index is 6.09. The molecule has 0 unspecified atom stereocenters. The van der Waals surface area contributed by atoms with Gasteiger partial charge in [-0.25, -0.2) is 4.98 Å². The van der Waals surface area contributed by atoms with Gasteiger partial charge in [-0.15, -0.1) is 0 Å². The highest BCUT2D eigenvalue weighted by Gasteiger charge is 2.11. The second-order valence-electron chi connectivity index (χ2n) is 3.76. The first kappa shape index (κ1) is 13.6. The summed E-state index contributed by atoms with van der Waals surface area (Å²) in [5.74, 6) is 1.59. The van der Waals surface area contributed by atoms with Crippen molar-refractivity contribution in [1.29, 1.82) is 0 Å². The Morgan fingerprint density at radius 3 is 2.74 bits per heavy atom. The maximum Gasteiger partial charge on any atom is 0.262 e. The van der Waals surface area contributed by atoms with E-state index in [1.807, 2.05) is 6.92 Å². The van der Waals surface area contributed by atoms with E-state index in [0.717, 1.165) is 5.56 Å². The van der Waals surface area contributed by atoms with Crippen LogP contribution in [0, 0.1) is 0 Å². The summed E-state index contributed by atoms with van der Waals surface area (Å²) in [4.78, 5) is 4.17. The maximum atomic E-state index is 6.09. The molecule has 0 saturated carbocycles. The Morgan fingerprint density at radius 2 is 2.00 bits per heavy atom. The fraction of sp³-hybridized carbons (Fsp3) is 0.214. The average Bonchev–Trinajstić information content (AvgIpc) is 2.41. The number of ether oxygens (including phenoxy) is 2. The molecule has 0 aliphatic carbocycles. The lowest BCUT2D eigenvalue weighted by atomic mass is 10.2. The van der Waals surface area contributed by atoms with Gasteiger partial charge in [0.15, 0.2) is 5.75 Å². The molecule has 0 fully saturated rings. The summed E-state index contributed by atoms with van der Waals surface area (Å²) in [6.07, 6.45) is 1.64. The van der Waals surface area contributed by atoms with Gasteiger partial charge in [0.25, 0.3) is 5.88 Å². The zero-order valence-corrected chi connectivity index (χ0v) is 11.4. The fourth-order valence-electron chi connectivity index (χ4n) is 1.65. The van der Waals surface area contributed by atoms with Crippen LogP contribution >= 0.6 is 11.6 Å². The molecule has 1 aromatic heterocycles. The first-order valence-corrected chi connectivity index (χ1v) is 6.37. The van der Waals surface area contributed by atoms with Crippen LogP contribution in [-0.2, 0) is 6.54 Å². The molecule has 4 nitrogen and oxygen atoms in total. The van der Waals surface area contributed by atoms with Crippen molar-refractivity contribution < 1.29 is 9.47 Å². The molecule has 2 N–H and O–H groups in total. The Balaban J connectivity index is 2.33. The summed E-state index contributed by atoms with van der Waals surface area (Å²) in [5.41, 5.74) is 6.43. The first-order chi connectivity index (χ1) is 9.26. The molecular formula is C14H15ClN2O2. The van der Waals surface area contributed by atoms with Gasteiger partial charge in [-0.1, -0.05) is 17.7 Å². The monoisotopic (exact) mass is 278 g/mol. The molecule has 0 saturated heterocycles. The van der Waals surface area contributed by atoms with E-state index in [1.165, 1.54) is 0 Å². The quantitative estimate of drug-likeness (QED) is 0.911. The van der Waals surface area contributed by atoms with E-state index < -0.39 is 0 Å². The molecule has 2 aromatic rings. The van der Waals surface area contributed by atoms with Gasteiger partial charge in [0.1, 0.15) is 5.75 Å². The van der Waals surface area contributed by atoms with Crippen LogP contribution < -0.4 is 15.2 Å². The summed E-state index contributed by atoms with van der Waals surface area (Å²) in [5, 5.41) is 0.578. The number of pyridine rings is 1. The SMILES string of the molecule is CCOc1cccnc1Oc1cccc(Cl)c1CN. The molecule has 1 aromatic carbocycles. The Bertz CT molecular complexity index is 561. The Hall–Kier alpha value is -1.78. The van der Waals surface area contributed by atoms with Crippen molar-refractivity contribution in [2.75, 3.05) is 6.61 Å². The van der Waals surface area contributed by atoms with Crippen molar-refractivity contribution in [3.8, 4) is 17.4 Å². The predicted octanol–water partition coefficient (Wildman–Crippen LogP) is 3.38. The Kier molecular flexibility index (Phi) is 4.60. The summed E-state index contributed by atoms with van der Waals surface area (Å²) in [6, 6.07) is 8.98. The van der Waals surface area contributed by atoms with Gasteiger partial charge in [-0.05, 0) is 31.2 Å². The number of halogens is 1. The normalized spacial score (nSPS) is 10.3. The number of hydrogen-bond acceptors (Lipinski definition) is 4. The largest absolute Gasteiger partial charge is 0.488 e.